The second-order valence-corrected chi connectivity index (χ2v) is 8.19. The summed E-state index contributed by atoms with van der Waals surface area (Å²) in [7, 11) is 0. The first-order valence-corrected chi connectivity index (χ1v) is 11.0. The van der Waals surface area contributed by atoms with Gasteiger partial charge >= 0.3 is 0 Å². The van der Waals surface area contributed by atoms with E-state index < -0.39 is 0 Å². The standard InChI is InChI=1S/C24H27N5O4/c1-16-14-29(15-17(2)32-16)24(31)20-5-3-18(4-6-20)13-26-21(30)7-8-22-27-23(28-33-22)19-9-11-25-12-10-19/h3-6,9-12,16-17H,7-8,13-15H2,1-2H3,(H,26,30). The smallest absolute Gasteiger partial charge is 0.254 e. The average molecular weight is 450 g/mol. The van der Waals surface area contributed by atoms with Gasteiger partial charge in [-0.2, -0.15) is 4.98 Å². The Balaban J connectivity index is 1.23. The summed E-state index contributed by atoms with van der Waals surface area (Å²) in [6.45, 7) is 5.50. The van der Waals surface area contributed by atoms with Crippen LogP contribution in [0.3, 0.4) is 0 Å². The van der Waals surface area contributed by atoms with Crippen molar-refractivity contribution in [2.24, 2.45) is 0 Å². The summed E-state index contributed by atoms with van der Waals surface area (Å²) < 4.78 is 10.9. The molecule has 2 amide bonds. The van der Waals surface area contributed by atoms with E-state index in [2.05, 4.69) is 20.4 Å². The van der Waals surface area contributed by atoms with Gasteiger partial charge < -0.3 is 19.5 Å². The fraction of sp³-hybridized carbons (Fsp3) is 0.375. The molecule has 0 aliphatic carbocycles. The molecule has 3 heterocycles. The van der Waals surface area contributed by atoms with Gasteiger partial charge in [-0.25, -0.2) is 0 Å². The molecule has 2 atom stereocenters. The van der Waals surface area contributed by atoms with Crippen molar-refractivity contribution < 1.29 is 18.8 Å². The normalized spacial score (nSPS) is 18.2. The quantitative estimate of drug-likeness (QED) is 0.590. The number of aromatic nitrogens is 3. The molecule has 1 aromatic carbocycles. The maximum absolute atomic E-state index is 12.8. The first-order valence-electron chi connectivity index (χ1n) is 11.0. The molecule has 1 N–H and O–H groups in total. The third-order valence-electron chi connectivity index (χ3n) is 5.37. The number of hydrogen-bond acceptors (Lipinski definition) is 7. The van der Waals surface area contributed by atoms with Crippen LogP contribution in [0.4, 0.5) is 0 Å². The van der Waals surface area contributed by atoms with E-state index in [0.717, 1.165) is 11.1 Å². The van der Waals surface area contributed by atoms with Gasteiger partial charge in [-0.05, 0) is 43.7 Å². The van der Waals surface area contributed by atoms with Gasteiger partial charge in [-0.15, -0.1) is 0 Å². The second kappa shape index (κ2) is 10.4. The molecule has 1 fully saturated rings. The number of hydrogen-bond donors (Lipinski definition) is 1. The number of rotatable bonds is 7. The van der Waals surface area contributed by atoms with Crippen molar-refractivity contribution >= 4 is 11.8 Å². The van der Waals surface area contributed by atoms with E-state index in [1.54, 1.807) is 36.7 Å². The number of benzene rings is 1. The van der Waals surface area contributed by atoms with Crippen molar-refractivity contribution in [1.29, 1.82) is 0 Å². The van der Waals surface area contributed by atoms with E-state index in [-0.39, 0.29) is 30.4 Å². The van der Waals surface area contributed by atoms with Crippen LogP contribution in [0, 0.1) is 0 Å². The Morgan fingerprint density at radius 3 is 2.45 bits per heavy atom. The fourth-order valence-corrected chi connectivity index (χ4v) is 3.78. The molecule has 33 heavy (non-hydrogen) atoms. The Morgan fingerprint density at radius 2 is 1.76 bits per heavy atom. The number of ether oxygens (including phenoxy) is 1. The monoisotopic (exact) mass is 449 g/mol. The van der Waals surface area contributed by atoms with Crippen LogP contribution in [0.5, 0.6) is 0 Å². The SMILES string of the molecule is CC1CN(C(=O)c2ccc(CNC(=O)CCc3nc(-c4ccncc4)no3)cc2)CC(C)O1. The first-order chi connectivity index (χ1) is 16.0. The highest BCUT2D eigenvalue weighted by atomic mass is 16.5. The van der Waals surface area contributed by atoms with Crippen molar-refractivity contribution in [2.75, 3.05) is 13.1 Å². The summed E-state index contributed by atoms with van der Waals surface area (Å²) in [4.78, 5) is 35.1. The zero-order valence-corrected chi connectivity index (χ0v) is 18.7. The average Bonchev–Trinajstić information content (AvgIpc) is 3.30. The summed E-state index contributed by atoms with van der Waals surface area (Å²) >= 11 is 0. The molecule has 2 aromatic heterocycles. The minimum absolute atomic E-state index is 0.00159. The number of nitrogens with zero attached hydrogens (tertiary/aromatic N) is 4. The molecule has 9 nitrogen and oxygen atoms in total. The molecular formula is C24H27N5O4. The summed E-state index contributed by atoms with van der Waals surface area (Å²) in [5.74, 6) is 0.767. The van der Waals surface area contributed by atoms with Crippen molar-refractivity contribution in [2.45, 2.75) is 45.4 Å². The topological polar surface area (TPSA) is 110 Å². The number of nitrogens with one attached hydrogen (secondary N) is 1. The highest BCUT2D eigenvalue weighted by Crippen LogP contribution is 2.16. The lowest BCUT2D eigenvalue weighted by atomic mass is 10.1. The Hall–Kier alpha value is -3.59. The van der Waals surface area contributed by atoms with Gasteiger partial charge in [0.1, 0.15) is 0 Å². The largest absolute Gasteiger partial charge is 0.372 e. The van der Waals surface area contributed by atoms with Crippen molar-refractivity contribution in [3.63, 3.8) is 0 Å². The number of pyridine rings is 1. The van der Waals surface area contributed by atoms with E-state index in [1.165, 1.54) is 0 Å². The van der Waals surface area contributed by atoms with E-state index in [4.69, 9.17) is 9.26 Å². The summed E-state index contributed by atoms with van der Waals surface area (Å²) in [6, 6.07) is 10.9. The number of morpholine rings is 1. The van der Waals surface area contributed by atoms with Gasteiger partial charge in [0, 0.05) is 56.0 Å². The van der Waals surface area contributed by atoms with Crippen LogP contribution < -0.4 is 5.32 Å². The highest BCUT2D eigenvalue weighted by Gasteiger charge is 2.26. The highest BCUT2D eigenvalue weighted by molar-refractivity contribution is 5.94. The van der Waals surface area contributed by atoms with Crippen LogP contribution in [0.1, 0.15) is 42.1 Å². The van der Waals surface area contributed by atoms with Gasteiger partial charge in [0.2, 0.25) is 17.6 Å². The zero-order chi connectivity index (χ0) is 23.2. The van der Waals surface area contributed by atoms with Gasteiger partial charge in [0.15, 0.2) is 0 Å². The number of amides is 2. The van der Waals surface area contributed by atoms with Gasteiger partial charge in [-0.3, -0.25) is 14.6 Å². The summed E-state index contributed by atoms with van der Waals surface area (Å²) in [6.07, 6.45) is 3.97. The number of aryl methyl sites for hydroxylation is 1. The molecule has 0 radical (unpaired) electrons. The first kappa shape index (κ1) is 22.6. The molecule has 1 aliphatic heterocycles. The van der Waals surface area contributed by atoms with Crippen molar-refractivity contribution in [3.05, 3.63) is 65.8 Å². The molecular weight excluding hydrogens is 422 g/mol. The van der Waals surface area contributed by atoms with Crippen LogP contribution in [0.2, 0.25) is 0 Å². The minimum atomic E-state index is -0.116. The van der Waals surface area contributed by atoms with Gasteiger partial charge in [0.05, 0.1) is 12.2 Å². The fourth-order valence-electron chi connectivity index (χ4n) is 3.78. The molecule has 9 heteroatoms. The van der Waals surface area contributed by atoms with Crippen LogP contribution in [0.15, 0.2) is 53.3 Å². The van der Waals surface area contributed by atoms with Crippen molar-refractivity contribution in [1.82, 2.24) is 25.3 Å². The van der Waals surface area contributed by atoms with Gasteiger partial charge in [-0.1, -0.05) is 17.3 Å². The van der Waals surface area contributed by atoms with Crippen LogP contribution in [0.25, 0.3) is 11.4 Å². The summed E-state index contributed by atoms with van der Waals surface area (Å²) in [5, 5.41) is 6.82. The molecule has 1 saturated heterocycles. The Kier molecular flexibility index (Phi) is 7.09. The van der Waals surface area contributed by atoms with E-state index >= 15 is 0 Å². The molecule has 3 aromatic rings. The lowest BCUT2D eigenvalue weighted by Crippen LogP contribution is -2.48. The lowest BCUT2D eigenvalue weighted by molar-refractivity contribution is -0.121. The summed E-state index contributed by atoms with van der Waals surface area (Å²) in [5.41, 5.74) is 2.36. The van der Waals surface area contributed by atoms with Crippen molar-refractivity contribution in [3.8, 4) is 11.4 Å². The predicted octanol–water partition coefficient (Wildman–Crippen LogP) is 2.63. The Bertz CT molecular complexity index is 1070. The maximum Gasteiger partial charge on any atom is 0.254 e. The second-order valence-electron chi connectivity index (χ2n) is 8.19. The lowest BCUT2D eigenvalue weighted by Gasteiger charge is -2.35. The molecule has 4 rings (SSSR count). The third-order valence-corrected chi connectivity index (χ3v) is 5.37. The number of carbonyl (C=O) groups excluding carboxylic acids is 2. The molecule has 0 saturated carbocycles. The molecule has 1 aliphatic rings. The molecule has 2 unspecified atom stereocenters. The zero-order valence-electron chi connectivity index (χ0n) is 18.7. The minimum Gasteiger partial charge on any atom is -0.372 e. The van der Waals surface area contributed by atoms with E-state index in [0.29, 0.717) is 43.3 Å². The van der Waals surface area contributed by atoms with Crippen LogP contribution in [-0.2, 0) is 22.5 Å². The van der Waals surface area contributed by atoms with Gasteiger partial charge in [0.25, 0.3) is 5.91 Å². The molecule has 0 bridgehead atoms. The van der Waals surface area contributed by atoms with E-state index in [9.17, 15) is 9.59 Å². The van der Waals surface area contributed by atoms with E-state index in [1.807, 2.05) is 30.9 Å². The number of carbonyl (C=O) groups is 2. The maximum atomic E-state index is 12.8. The predicted molar refractivity (Wildman–Crippen MR) is 120 cm³/mol. The molecule has 172 valence electrons. The third kappa shape index (κ3) is 6.01. The Labute approximate surface area is 192 Å². The van der Waals surface area contributed by atoms with Crippen LogP contribution >= 0.6 is 0 Å². The Morgan fingerprint density at radius 1 is 1.06 bits per heavy atom. The molecule has 0 spiro atoms. The van der Waals surface area contributed by atoms with Crippen LogP contribution in [-0.4, -0.2) is 57.1 Å².